The molecule has 2 rings (SSSR count). The third kappa shape index (κ3) is 6.19. The second-order valence-corrected chi connectivity index (χ2v) is 5.79. The third-order valence-corrected chi connectivity index (χ3v) is 3.42. The summed E-state index contributed by atoms with van der Waals surface area (Å²) in [6, 6.07) is 13.4. The number of para-hydroxylation sites is 1. The zero-order chi connectivity index (χ0) is 16.5. The lowest BCUT2D eigenvalue weighted by Crippen LogP contribution is -2.40. The summed E-state index contributed by atoms with van der Waals surface area (Å²) in [5, 5.41) is 9.14. The van der Waals surface area contributed by atoms with Crippen molar-refractivity contribution < 1.29 is 14.3 Å². The normalized spacial score (nSPS) is 13.0. The monoisotopic (exact) mass is 313 g/mol. The van der Waals surface area contributed by atoms with Crippen LogP contribution in [0.1, 0.15) is 31.3 Å². The Morgan fingerprint density at radius 2 is 2.00 bits per heavy atom. The highest BCUT2D eigenvalue weighted by Gasteiger charge is 2.17. The molecule has 1 atom stereocenters. The van der Waals surface area contributed by atoms with Crippen LogP contribution in [0.15, 0.2) is 46.9 Å². The number of hydrogen-bond donors (Lipinski definition) is 2. The van der Waals surface area contributed by atoms with Crippen molar-refractivity contribution in [3.05, 3.63) is 54.0 Å². The van der Waals surface area contributed by atoms with Gasteiger partial charge in [-0.2, -0.15) is 0 Å². The van der Waals surface area contributed by atoms with Crippen LogP contribution < -0.4 is 10.5 Å². The molecule has 122 valence electrons. The molecule has 0 amide bonds. The predicted octanol–water partition coefficient (Wildman–Crippen LogP) is 2.74. The highest BCUT2D eigenvalue weighted by molar-refractivity contribution is 5.26. The fourth-order valence-electron chi connectivity index (χ4n) is 1.95. The van der Waals surface area contributed by atoms with E-state index in [1.165, 1.54) is 0 Å². The highest BCUT2D eigenvalue weighted by atomic mass is 16.5. The molecule has 2 aromatic rings. The Balaban J connectivity index is 1.74. The molecule has 0 aliphatic heterocycles. The molecule has 0 aliphatic carbocycles. The molecule has 0 bridgehead atoms. The van der Waals surface area contributed by atoms with Gasteiger partial charge in [-0.25, -0.2) is 0 Å². The first-order valence-corrected chi connectivity index (χ1v) is 7.74. The van der Waals surface area contributed by atoms with Gasteiger partial charge >= 0.3 is 0 Å². The number of aryl methyl sites for hydroxylation is 1. The van der Waals surface area contributed by atoms with Gasteiger partial charge in [0, 0.05) is 18.4 Å². The van der Waals surface area contributed by atoms with Gasteiger partial charge in [-0.3, -0.25) is 0 Å². The number of ether oxygens (including phenoxy) is 1. The number of benzene rings is 1. The summed E-state index contributed by atoms with van der Waals surface area (Å²) in [4.78, 5) is 0. The summed E-state index contributed by atoms with van der Waals surface area (Å²) in [5.41, 5.74) is 5.32. The minimum atomic E-state index is -0.576. The first kappa shape index (κ1) is 17.1. The number of hydrogen-bond acceptors (Lipinski definition) is 4. The number of nitrogens with two attached hydrogens (primary N) is 1. The number of aliphatic hydroxyl groups excluding tert-OH is 1. The van der Waals surface area contributed by atoms with Crippen molar-refractivity contribution >= 4 is 0 Å². The molecular weight excluding hydrogens is 290 g/mol. The number of rotatable bonds is 7. The van der Waals surface area contributed by atoms with E-state index in [1.807, 2.05) is 49.4 Å². The van der Waals surface area contributed by atoms with E-state index in [4.69, 9.17) is 20.0 Å². The maximum Gasteiger partial charge on any atom is 0.177 e. The molecule has 0 fully saturated rings. The van der Waals surface area contributed by atoms with E-state index in [2.05, 4.69) is 11.8 Å². The topological polar surface area (TPSA) is 68.6 Å². The van der Waals surface area contributed by atoms with Gasteiger partial charge in [-0.15, -0.1) is 0 Å². The fraction of sp³-hybridized carbons (Fsp3) is 0.368. The zero-order valence-corrected chi connectivity index (χ0v) is 13.4. The Bertz CT molecular complexity index is 650. The SMILES string of the molecule is C[C@](N)(CO)CCc1ccc(C#CCCOc2ccccc2)o1. The summed E-state index contributed by atoms with van der Waals surface area (Å²) in [6.45, 7) is 2.33. The third-order valence-electron chi connectivity index (χ3n) is 3.42. The maximum atomic E-state index is 9.14. The van der Waals surface area contributed by atoms with Crippen LogP contribution in [0.3, 0.4) is 0 Å². The fourth-order valence-corrected chi connectivity index (χ4v) is 1.95. The van der Waals surface area contributed by atoms with Crippen LogP contribution in [0.25, 0.3) is 0 Å². The Morgan fingerprint density at radius 1 is 1.22 bits per heavy atom. The molecule has 0 saturated heterocycles. The number of aliphatic hydroxyl groups is 1. The molecule has 4 heteroatoms. The van der Waals surface area contributed by atoms with E-state index in [-0.39, 0.29) is 6.61 Å². The van der Waals surface area contributed by atoms with E-state index >= 15 is 0 Å². The Kier molecular flexibility index (Phi) is 6.28. The summed E-state index contributed by atoms with van der Waals surface area (Å²) < 4.78 is 11.2. The van der Waals surface area contributed by atoms with Crippen molar-refractivity contribution in [1.29, 1.82) is 0 Å². The first-order valence-electron chi connectivity index (χ1n) is 7.74. The zero-order valence-electron chi connectivity index (χ0n) is 13.4. The molecule has 4 nitrogen and oxygen atoms in total. The molecule has 1 aromatic carbocycles. The number of furan rings is 1. The minimum Gasteiger partial charge on any atom is -0.493 e. The second kappa shape index (κ2) is 8.42. The second-order valence-electron chi connectivity index (χ2n) is 5.79. The van der Waals surface area contributed by atoms with Crippen LogP contribution in [-0.4, -0.2) is 23.9 Å². The van der Waals surface area contributed by atoms with Crippen molar-refractivity contribution in [3.8, 4) is 17.6 Å². The quantitative estimate of drug-likeness (QED) is 0.609. The van der Waals surface area contributed by atoms with Crippen LogP contribution in [0.4, 0.5) is 0 Å². The van der Waals surface area contributed by atoms with Crippen LogP contribution in [-0.2, 0) is 6.42 Å². The largest absolute Gasteiger partial charge is 0.493 e. The molecule has 0 aliphatic rings. The van der Waals surface area contributed by atoms with Crippen molar-refractivity contribution in [1.82, 2.24) is 0 Å². The van der Waals surface area contributed by atoms with Gasteiger partial charge in [-0.1, -0.05) is 24.1 Å². The maximum absolute atomic E-state index is 9.14. The van der Waals surface area contributed by atoms with Crippen LogP contribution in [0.2, 0.25) is 0 Å². The molecule has 23 heavy (non-hydrogen) atoms. The van der Waals surface area contributed by atoms with Crippen LogP contribution in [0, 0.1) is 11.8 Å². The van der Waals surface area contributed by atoms with E-state index in [1.54, 1.807) is 0 Å². The average Bonchev–Trinajstić information content (AvgIpc) is 3.02. The van der Waals surface area contributed by atoms with Crippen molar-refractivity contribution in [2.24, 2.45) is 5.73 Å². The van der Waals surface area contributed by atoms with Crippen LogP contribution in [0.5, 0.6) is 5.75 Å². The van der Waals surface area contributed by atoms with Gasteiger partial charge in [0.15, 0.2) is 5.76 Å². The first-order chi connectivity index (χ1) is 11.1. The van der Waals surface area contributed by atoms with Gasteiger partial charge < -0.3 is 20.0 Å². The van der Waals surface area contributed by atoms with Gasteiger partial charge in [0.05, 0.1) is 13.2 Å². The minimum absolute atomic E-state index is 0.0399. The van der Waals surface area contributed by atoms with Crippen molar-refractivity contribution in [2.45, 2.75) is 31.7 Å². The van der Waals surface area contributed by atoms with E-state index in [0.29, 0.717) is 31.6 Å². The standard InChI is InChI=1S/C19H23NO3/c1-19(20,15-21)13-12-18-11-10-17(23-18)9-5-6-14-22-16-7-3-2-4-8-16/h2-4,7-8,10-11,21H,6,12-15,20H2,1H3/t19-/m1/s1. The lowest BCUT2D eigenvalue weighted by molar-refractivity contribution is 0.199. The summed E-state index contributed by atoms with van der Waals surface area (Å²) in [6.07, 6.45) is 1.98. The Morgan fingerprint density at radius 3 is 2.74 bits per heavy atom. The Hall–Kier alpha value is -2.22. The molecule has 0 saturated carbocycles. The van der Waals surface area contributed by atoms with E-state index in [9.17, 15) is 0 Å². The predicted molar refractivity (Wildman–Crippen MR) is 90.1 cm³/mol. The lowest BCUT2D eigenvalue weighted by atomic mass is 9.98. The van der Waals surface area contributed by atoms with Crippen LogP contribution >= 0.6 is 0 Å². The average molecular weight is 313 g/mol. The molecular formula is C19H23NO3. The molecule has 1 heterocycles. The van der Waals surface area contributed by atoms with Gasteiger partial charge in [0.1, 0.15) is 11.5 Å². The van der Waals surface area contributed by atoms with Gasteiger partial charge in [0.2, 0.25) is 0 Å². The lowest BCUT2D eigenvalue weighted by Gasteiger charge is -2.20. The van der Waals surface area contributed by atoms with Gasteiger partial charge in [0.25, 0.3) is 0 Å². The summed E-state index contributed by atoms with van der Waals surface area (Å²) in [5.74, 6) is 8.35. The van der Waals surface area contributed by atoms with Crippen molar-refractivity contribution in [2.75, 3.05) is 13.2 Å². The molecule has 0 unspecified atom stereocenters. The smallest absolute Gasteiger partial charge is 0.177 e. The highest BCUT2D eigenvalue weighted by Crippen LogP contribution is 2.14. The molecule has 3 N–H and O–H groups in total. The summed E-state index contributed by atoms with van der Waals surface area (Å²) >= 11 is 0. The van der Waals surface area contributed by atoms with Gasteiger partial charge in [-0.05, 0) is 43.5 Å². The van der Waals surface area contributed by atoms with Crippen molar-refractivity contribution in [3.63, 3.8) is 0 Å². The molecule has 0 radical (unpaired) electrons. The molecule has 1 aromatic heterocycles. The summed E-state index contributed by atoms with van der Waals surface area (Å²) in [7, 11) is 0. The van der Waals surface area contributed by atoms with E-state index in [0.717, 1.165) is 11.5 Å². The Labute approximate surface area is 137 Å². The van der Waals surface area contributed by atoms with E-state index < -0.39 is 5.54 Å². The molecule has 0 spiro atoms.